The predicted octanol–water partition coefficient (Wildman–Crippen LogP) is 9.16. The first-order chi connectivity index (χ1) is 30.8. The van der Waals surface area contributed by atoms with Gasteiger partial charge in [0, 0.05) is 85.2 Å². The van der Waals surface area contributed by atoms with E-state index in [-0.39, 0.29) is 23.4 Å². The number of aliphatic hydroxyl groups is 1. The molecule has 2 fully saturated rings. The fourth-order valence-corrected chi connectivity index (χ4v) is 11.8. The standard InChI is InChI=1S/C51H53F2N7O3S/c1-30-32(3)64-49-45(30)47(54-31(2)48-56-55-33(4)60(48)49)35-7-14-39(15-8-35)58-21-19-51(63,20-22-58)29-57-23-25-59(26-24-57)40-12-5-34(6-13-40)46-41-16-10-37(50(61)62)27-36(41)9-17-43(46)42-18-11-38(52)28-44(42)53/h5-8,10-16,18,27-28,31,43,46,63H,9,17,19-26,29H2,1-4H3,(H,61,62)/t31-,43-,46-/m0/s1. The number of thiophene rings is 1. The Morgan fingerprint density at radius 3 is 2.19 bits per heavy atom. The largest absolute Gasteiger partial charge is 0.478 e. The number of benzene rings is 4. The van der Waals surface area contributed by atoms with E-state index in [2.05, 4.69) is 98.8 Å². The summed E-state index contributed by atoms with van der Waals surface area (Å²) in [5.74, 6) is -0.851. The van der Waals surface area contributed by atoms with Crippen LogP contribution < -0.4 is 9.80 Å². The van der Waals surface area contributed by atoms with E-state index in [1.807, 2.05) is 13.0 Å². The Balaban J connectivity index is 0.770. The third-order valence-corrected chi connectivity index (χ3v) is 15.5. The van der Waals surface area contributed by atoms with Crippen LogP contribution in [0, 0.1) is 32.4 Å². The topological polar surface area (TPSA) is 110 Å². The summed E-state index contributed by atoms with van der Waals surface area (Å²) in [4.78, 5) is 25.4. The lowest BCUT2D eigenvalue weighted by Gasteiger charge is -2.44. The van der Waals surface area contributed by atoms with Crippen molar-refractivity contribution in [3.05, 3.63) is 158 Å². The summed E-state index contributed by atoms with van der Waals surface area (Å²) >= 11 is 1.77. The molecule has 13 heteroatoms. The number of rotatable bonds is 8. The monoisotopic (exact) mass is 881 g/mol. The van der Waals surface area contributed by atoms with Crippen molar-refractivity contribution in [2.75, 3.05) is 55.6 Å². The zero-order valence-corrected chi connectivity index (χ0v) is 37.5. The number of hydrogen-bond acceptors (Lipinski definition) is 9. The Morgan fingerprint density at radius 2 is 1.50 bits per heavy atom. The SMILES string of the molecule is Cc1sc2c(c1C)C(c1ccc(N3CCC(O)(CN4CCN(c5ccc([C@H]6c7ccc(C(=O)O)cc7CC[C@H]6c6ccc(F)cc6F)cc5)CC4)CC3)cc1)=N[C@@H](C)c1nnc(C)n1-2. The van der Waals surface area contributed by atoms with Gasteiger partial charge in [0.05, 0.1) is 16.9 Å². The van der Waals surface area contributed by atoms with Crippen LogP contribution in [0.2, 0.25) is 0 Å². The third kappa shape index (κ3) is 7.71. The number of piperidine rings is 1. The van der Waals surface area contributed by atoms with Gasteiger partial charge in [-0.05, 0) is 130 Å². The van der Waals surface area contributed by atoms with E-state index in [0.717, 1.165) is 107 Å². The summed E-state index contributed by atoms with van der Waals surface area (Å²) in [6, 6.07) is 26.1. The average molecular weight is 882 g/mol. The van der Waals surface area contributed by atoms with E-state index in [4.69, 9.17) is 4.99 Å². The molecule has 0 unspecified atom stereocenters. The first kappa shape index (κ1) is 42.2. The average Bonchev–Trinajstić information content (AvgIpc) is 3.78. The molecule has 4 aromatic carbocycles. The predicted molar refractivity (Wildman–Crippen MR) is 248 cm³/mol. The fourth-order valence-electron chi connectivity index (χ4n) is 10.6. The maximum Gasteiger partial charge on any atom is 0.335 e. The highest BCUT2D eigenvalue weighted by Gasteiger charge is 2.37. The van der Waals surface area contributed by atoms with Crippen LogP contribution in [0.15, 0.2) is 89.9 Å². The minimum Gasteiger partial charge on any atom is -0.478 e. The Labute approximate surface area is 376 Å². The van der Waals surface area contributed by atoms with Crippen molar-refractivity contribution >= 4 is 34.4 Å². The summed E-state index contributed by atoms with van der Waals surface area (Å²) in [5.41, 5.74) is 9.62. The second kappa shape index (κ2) is 16.7. The molecule has 1 aliphatic carbocycles. The highest BCUT2D eigenvalue weighted by atomic mass is 32.1. The molecule has 0 radical (unpaired) electrons. The number of halogens is 2. The molecular weight excluding hydrogens is 829 g/mol. The number of β-amino-alcohol motifs (C(OH)–C–C–N with tert-alkyl or cyclic N) is 1. The molecule has 5 heterocycles. The first-order valence-corrected chi connectivity index (χ1v) is 23.2. The van der Waals surface area contributed by atoms with E-state index < -0.39 is 23.2 Å². The summed E-state index contributed by atoms with van der Waals surface area (Å²) in [6.45, 7) is 14.0. The van der Waals surface area contributed by atoms with Gasteiger partial charge in [0.15, 0.2) is 5.82 Å². The summed E-state index contributed by atoms with van der Waals surface area (Å²) in [7, 11) is 0. The van der Waals surface area contributed by atoms with E-state index in [9.17, 15) is 19.4 Å². The van der Waals surface area contributed by atoms with Crippen LogP contribution in [-0.2, 0) is 6.42 Å². The van der Waals surface area contributed by atoms with Crippen LogP contribution in [0.5, 0.6) is 0 Å². The normalized spacial score (nSPS) is 20.9. The molecule has 10 rings (SSSR count). The van der Waals surface area contributed by atoms with Gasteiger partial charge in [-0.1, -0.05) is 36.4 Å². The number of hydrogen-bond donors (Lipinski definition) is 2. The molecule has 0 saturated carbocycles. The quantitative estimate of drug-likeness (QED) is 0.156. The number of nitrogens with zero attached hydrogens (tertiary/aromatic N) is 7. The number of aliphatic imine (C=N–C) groups is 1. The number of carboxylic acid groups (broad SMARTS) is 1. The number of aromatic carboxylic acids is 1. The van der Waals surface area contributed by atoms with Gasteiger partial charge in [0.25, 0.3) is 0 Å². The van der Waals surface area contributed by atoms with Crippen molar-refractivity contribution in [1.82, 2.24) is 19.7 Å². The Bertz CT molecular complexity index is 2770. The second-order valence-electron chi connectivity index (χ2n) is 18.2. The highest BCUT2D eigenvalue weighted by Crippen LogP contribution is 2.48. The van der Waals surface area contributed by atoms with E-state index in [1.54, 1.807) is 29.5 Å². The minimum absolute atomic E-state index is 0.131. The number of carbonyl (C=O) groups is 1. The molecule has 2 saturated heterocycles. The van der Waals surface area contributed by atoms with Crippen LogP contribution in [-0.4, -0.2) is 93.0 Å². The summed E-state index contributed by atoms with van der Waals surface area (Å²) < 4.78 is 31.4. The molecule has 0 bridgehead atoms. The molecular formula is C51H53F2N7O3S. The number of aryl methyl sites for hydroxylation is 3. The van der Waals surface area contributed by atoms with Gasteiger partial charge in [-0.3, -0.25) is 14.5 Å². The lowest BCUT2D eigenvalue weighted by atomic mass is 9.69. The zero-order valence-electron chi connectivity index (χ0n) is 36.7. The van der Waals surface area contributed by atoms with Gasteiger partial charge in [0.2, 0.25) is 0 Å². The molecule has 64 heavy (non-hydrogen) atoms. The molecule has 2 N–H and O–H groups in total. The van der Waals surface area contributed by atoms with Gasteiger partial charge in [-0.25, -0.2) is 13.6 Å². The smallest absolute Gasteiger partial charge is 0.335 e. The van der Waals surface area contributed by atoms with Crippen LogP contribution in [0.4, 0.5) is 20.2 Å². The summed E-state index contributed by atoms with van der Waals surface area (Å²) in [5, 5.41) is 31.5. The van der Waals surface area contributed by atoms with Crippen molar-refractivity contribution in [1.29, 1.82) is 0 Å². The van der Waals surface area contributed by atoms with E-state index >= 15 is 4.39 Å². The Hall–Kier alpha value is -5.76. The van der Waals surface area contributed by atoms with Crippen LogP contribution >= 0.6 is 11.3 Å². The van der Waals surface area contributed by atoms with Crippen LogP contribution in [0.3, 0.4) is 0 Å². The van der Waals surface area contributed by atoms with Crippen LogP contribution in [0.1, 0.15) is 110 Å². The molecule has 3 aliphatic heterocycles. The van der Waals surface area contributed by atoms with Gasteiger partial charge < -0.3 is 20.0 Å². The van der Waals surface area contributed by atoms with Gasteiger partial charge in [-0.15, -0.1) is 21.5 Å². The van der Waals surface area contributed by atoms with Crippen molar-refractivity contribution < 1.29 is 23.8 Å². The van der Waals surface area contributed by atoms with Gasteiger partial charge in [0.1, 0.15) is 28.5 Å². The van der Waals surface area contributed by atoms with Crippen LogP contribution in [0.25, 0.3) is 5.00 Å². The maximum atomic E-state index is 15.3. The molecule has 2 aromatic heterocycles. The Morgan fingerprint density at radius 1 is 0.828 bits per heavy atom. The molecule has 4 aliphatic rings. The van der Waals surface area contributed by atoms with Crippen molar-refractivity contribution in [3.63, 3.8) is 0 Å². The molecule has 3 atom stereocenters. The lowest BCUT2D eigenvalue weighted by molar-refractivity contribution is -0.0173. The minimum atomic E-state index is -0.976. The molecule has 6 aromatic rings. The third-order valence-electron chi connectivity index (χ3n) is 14.3. The number of aromatic nitrogens is 3. The van der Waals surface area contributed by atoms with E-state index in [0.29, 0.717) is 37.8 Å². The Kier molecular flexibility index (Phi) is 11.0. The lowest BCUT2D eigenvalue weighted by Crippen LogP contribution is -2.55. The van der Waals surface area contributed by atoms with Crippen molar-refractivity contribution in [2.24, 2.45) is 4.99 Å². The van der Waals surface area contributed by atoms with Crippen molar-refractivity contribution in [2.45, 2.75) is 76.9 Å². The van der Waals surface area contributed by atoms with E-state index in [1.165, 1.54) is 16.5 Å². The number of carboxylic acids is 1. The second-order valence-corrected chi connectivity index (χ2v) is 19.4. The fraction of sp³-hybridized carbons (Fsp3) is 0.373. The summed E-state index contributed by atoms with van der Waals surface area (Å²) in [6.07, 6.45) is 2.62. The first-order valence-electron chi connectivity index (χ1n) is 22.4. The van der Waals surface area contributed by atoms with Gasteiger partial charge in [-0.2, -0.15) is 0 Å². The highest BCUT2D eigenvalue weighted by molar-refractivity contribution is 7.15. The molecule has 330 valence electrons. The van der Waals surface area contributed by atoms with Gasteiger partial charge >= 0.3 is 5.97 Å². The maximum absolute atomic E-state index is 15.3. The molecule has 0 amide bonds. The zero-order chi connectivity index (χ0) is 44.4. The number of anilines is 2. The molecule has 0 spiro atoms. The van der Waals surface area contributed by atoms with Crippen molar-refractivity contribution in [3.8, 4) is 5.00 Å². The molecule has 10 nitrogen and oxygen atoms in total. The number of fused-ring (bicyclic) bond motifs is 4. The number of piperazine rings is 1.